The summed E-state index contributed by atoms with van der Waals surface area (Å²) < 4.78 is 13.4. The summed E-state index contributed by atoms with van der Waals surface area (Å²) in [6.45, 7) is 1.65. The second-order valence-corrected chi connectivity index (χ2v) is 8.30. The first-order chi connectivity index (χ1) is 11.3. The van der Waals surface area contributed by atoms with Gasteiger partial charge in [0.2, 0.25) is 5.91 Å². The largest absolute Gasteiger partial charge is 0.369 e. The van der Waals surface area contributed by atoms with E-state index in [1.165, 1.54) is 12.1 Å². The summed E-state index contributed by atoms with van der Waals surface area (Å²) in [6, 6.07) is 4.42. The van der Waals surface area contributed by atoms with E-state index in [1.54, 1.807) is 13.0 Å². The third-order valence-electron chi connectivity index (χ3n) is 6.38. The Kier molecular flexibility index (Phi) is 3.28. The lowest BCUT2D eigenvalue weighted by Gasteiger charge is -2.61. The number of carbonyl (C=O) groups excluding carboxylic acids is 2. The molecule has 1 aromatic carbocycles. The van der Waals surface area contributed by atoms with Gasteiger partial charge in [-0.1, -0.05) is 0 Å². The van der Waals surface area contributed by atoms with Gasteiger partial charge in [-0.2, -0.15) is 0 Å². The summed E-state index contributed by atoms with van der Waals surface area (Å²) in [5.41, 5.74) is 5.88. The Hall–Kier alpha value is -1.91. The molecule has 4 aliphatic carbocycles. The van der Waals surface area contributed by atoms with Crippen LogP contribution < -0.4 is 11.1 Å². The molecule has 4 fully saturated rings. The maximum absolute atomic E-state index is 13.4. The fourth-order valence-corrected chi connectivity index (χ4v) is 5.80. The predicted molar refractivity (Wildman–Crippen MR) is 87.6 cm³/mol. The van der Waals surface area contributed by atoms with Crippen LogP contribution in [0.5, 0.6) is 0 Å². The minimum atomic E-state index is -0.448. The lowest BCUT2D eigenvalue weighted by atomic mass is 9.46. The van der Waals surface area contributed by atoms with E-state index in [2.05, 4.69) is 5.32 Å². The molecule has 24 heavy (non-hydrogen) atoms. The molecule has 4 saturated carbocycles. The molecule has 2 unspecified atom stereocenters. The summed E-state index contributed by atoms with van der Waals surface area (Å²) in [7, 11) is 0. The zero-order valence-electron chi connectivity index (χ0n) is 13.9. The van der Waals surface area contributed by atoms with Crippen molar-refractivity contribution in [2.75, 3.05) is 0 Å². The van der Waals surface area contributed by atoms with Crippen molar-refractivity contribution in [2.24, 2.45) is 23.0 Å². The maximum Gasteiger partial charge on any atom is 0.251 e. The molecule has 0 saturated heterocycles. The third kappa shape index (κ3) is 2.33. The second kappa shape index (κ2) is 5.04. The van der Waals surface area contributed by atoms with Crippen molar-refractivity contribution in [3.05, 3.63) is 35.1 Å². The van der Waals surface area contributed by atoms with Crippen LogP contribution in [-0.2, 0) is 4.79 Å². The number of benzene rings is 1. The number of aryl methyl sites for hydroxylation is 1. The molecule has 4 bridgehead atoms. The standard InChI is InChI=1S/C19H23FN2O2/c1-11-4-14(2-3-15(11)20)16(23)22-19-8-12-5-13(9-19)7-18(6-12,10-19)17(21)24/h2-4,12-13H,5-10H2,1H3,(H2,21,24)(H,22,23). The van der Waals surface area contributed by atoms with Crippen LogP contribution in [0.4, 0.5) is 4.39 Å². The SMILES string of the molecule is Cc1cc(C(=O)NC23CC4CC(C2)CC(C(N)=O)(C4)C3)ccc1F. The molecule has 4 aliphatic rings. The van der Waals surface area contributed by atoms with Crippen molar-refractivity contribution in [1.82, 2.24) is 5.32 Å². The summed E-state index contributed by atoms with van der Waals surface area (Å²) >= 11 is 0. The van der Waals surface area contributed by atoms with Gasteiger partial charge in [-0.3, -0.25) is 9.59 Å². The normalized spacial score (nSPS) is 36.6. The van der Waals surface area contributed by atoms with E-state index < -0.39 is 5.41 Å². The zero-order chi connectivity index (χ0) is 17.1. The average Bonchev–Trinajstić information content (AvgIpc) is 2.48. The fraction of sp³-hybridized carbons (Fsp3) is 0.579. The number of hydrogen-bond acceptors (Lipinski definition) is 2. The van der Waals surface area contributed by atoms with E-state index in [-0.39, 0.29) is 23.2 Å². The van der Waals surface area contributed by atoms with Crippen LogP contribution >= 0.6 is 0 Å². The maximum atomic E-state index is 13.4. The highest BCUT2D eigenvalue weighted by atomic mass is 19.1. The first-order valence-electron chi connectivity index (χ1n) is 8.69. The van der Waals surface area contributed by atoms with E-state index in [9.17, 15) is 14.0 Å². The minimum absolute atomic E-state index is 0.181. The van der Waals surface area contributed by atoms with Crippen molar-refractivity contribution >= 4 is 11.8 Å². The molecule has 5 rings (SSSR count). The molecule has 128 valence electrons. The van der Waals surface area contributed by atoms with Gasteiger partial charge in [0.15, 0.2) is 0 Å². The quantitative estimate of drug-likeness (QED) is 0.894. The van der Waals surface area contributed by atoms with Crippen LogP contribution in [0.25, 0.3) is 0 Å². The molecule has 2 amide bonds. The smallest absolute Gasteiger partial charge is 0.251 e. The van der Waals surface area contributed by atoms with Gasteiger partial charge in [0, 0.05) is 11.1 Å². The van der Waals surface area contributed by atoms with Gasteiger partial charge in [-0.15, -0.1) is 0 Å². The first-order valence-corrected chi connectivity index (χ1v) is 8.69. The van der Waals surface area contributed by atoms with Crippen molar-refractivity contribution < 1.29 is 14.0 Å². The summed E-state index contributed by atoms with van der Waals surface area (Å²) in [5, 5.41) is 3.20. The highest BCUT2D eigenvalue weighted by molar-refractivity contribution is 5.95. The summed E-state index contributed by atoms with van der Waals surface area (Å²) in [4.78, 5) is 24.8. The van der Waals surface area contributed by atoms with Crippen LogP contribution in [0, 0.1) is 30.0 Å². The van der Waals surface area contributed by atoms with Gasteiger partial charge in [-0.25, -0.2) is 4.39 Å². The van der Waals surface area contributed by atoms with E-state index in [4.69, 9.17) is 5.73 Å². The van der Waals surface area contributed by atoms with Crippen molar-refractivity contribution in [3.63, 3.8) is 0 Å². The Morgan fingerprint density at radius 2 is 1.88 bits per heavy atom. The third-order valence-corrected chi connectivity index (χ3v) is 6.38. The van der Waals surface area contributed by atoms with Crippen LogP contribution in [-0.4, -0.2) is 17.4 Å². The van der Waals surface area contributed by atoms with E-state index in [0.717, 1.165) is 32.1 Å². The zero-order valence-corrected chi connectivity index (χ0v) is 13.9. The Morgan fingerprint density at radius 3 is 2.46 bits per heavy atom. The van der Waals surface area contributed by atoms with Crippen LogP contribution in [0.1, 0.15) is 54.4 Å². The molecule has 0 heterocycles. The molecular formula is C19H23FN2O2. The Balaban J connectivity index is 1.60. The van der Waals surface area contributed by atoms with Gasteiger partial charge < -0.3 is 11.1 Å². The lowest BCUT2D eigenvalue weighted by Crippen LogP contribution is -2.65. The number of nitrogens with one attached hydrogen (secondary N) is 1. The van der Waals surface area contributed by atoms with Crippen LogP contribution in [0.15, 0.2) is 18.2 Å². The summed E-state index contributed by atoms with van der Waals surface area (Å²) in [6.07, 6.45) is 5.36. The topological polar surface area (TPSA) is 72.2 Å². The van der Waals surface area contributed by atoms with Crippen molar-refractivity contribution in [3.8, 4) is 0 Å². The molecule has 3 N–H and O–H groups in total. The number of rotatable bonds is 3. The molecule has 0 radical (unpaired) electrons. The first kappa shape index (κ1) is 15.6. The molecule has 0 spiro atoms. The second-order valence-electron chi connectivity index (χ2n) is 8.30. The van der Waals surface area contributed by atoms with E-state index >= 15 is 0 Å². The highest BCUT2D eigenvalue weighted by Gasteiger charge is 2.60. The Labute approximate surface area is 141 Å². The predicted octanol–water partition coefficient (Wildman–Crippen LogP) is 2.69. The minimum Gasteiger partial charge on any atom is -0.369 e. The molecule has 0 aliphatic heterocycles. The number of primary amides is 1. The molecule has 0 aromatic heterocycles. The van der Waals surface area contributed by atoms with E-state index in [1.807, 2.05) is 0 Å². The van der Waals surface area contributed by atoms with Gasteiger partial charge in [-0.05, 0) is 81.0 Å². The van der Waals surface area contributed by atoms with Crippen LogP contribution in [0.2, 0.25) is 0 Å². The Bertz CT molecular complexity index is 716. The number of hydrogen-bond donors (Lipinski definition) is 2. The molecule has 2 atom stereocenters. The fourth-order valence-electron chi connectivity index (χ4n) is 5.80. The molecule has 5 heteroatoms. The number of carbonyl (C=O) groups is 2. The van der Waals surface area contributed by atoms with Crippen molar-refractivity contribution in [2.45, 2.75) is 51.0 Å². The van der Waals surface area contributed by atoms with Gasteiger partial charge in [0.05, 0.1) is 5.41 Å². The van der Waals surface area contributed by atoms with Gasteiger partial charge in [0.1, 0.15) is 5.82 Å². The number of halogens is 1. The average molecular weight is 330 g/mol. The van der Waals surface area contributed by atoms with Gasteiger partial charge in [0.25, 0.3) is 5.91 Å². The van der Waals surface area contributed by atoms with Gasteiger partial charge >= 0.3 is 0 Å². The highest BCUT2D eigenvalue weighted by Crippen LogP contribution is 2.61. The Morgan fingerprint density at radius 1 is 1.21 bits per heavy atom. The summed E-state index contributed by atoms with van der Waals surface area (Å²) in [5.74, 6) is 0.226. The molecule has 4 nitrogen and oxygen atoms in total. The monoisotopic (exact) mass is 330 g/mol. The molecular weight excluding hydrogens is 307 g/mol. The molecule has 1 aromatic rings. The van der Waals surface area contributed by atoms with Crippen LogP contribution in [0.3, 0.4) is 0 Å². The number of nitrogens with two attached hydrogens (primary N) is 1. The number of amides is 2. The van der Waals surface area contributed by atoms with E-state index in [0.29, 0.717) is 29.4 Å². The van der Waals surface area contributed by atoms with Crippen molar-refractivity contribution in [1.29, 1.82) is 0 Å². The lowest BCUT2D eigenvalue weighted by molar-refractivity contribution is -0.146.